The highest BCUT2D eigenvalue weighted by atomic mass is 127. The summed E-state index contributed by atoms with van der Waals surface area (Å²) in [7, 11) is 0. The molecule has 0 aliphatic carbocycles. The lowest BCUT2D eigenvalue weighted by Gasteiger charge is -2.05. The lowest BCUT2D eigenvalue weighted by atomic mass is 10.3. The lowest BCUT2D eigenvalue weighted by molar-refractivity contribution is 0.110. The molecule has 0 spiro atoms. The molecule has 2 heterocycles. The molecule has 64 valence electrons. The van der Waals surface area contributed by atoms with Gasteiger partial charge in [-0.3, -0.25) is 0 Å². The Morgan fingerprint density at radius 3 is 2.75 bits per heavy atom. The number of hydrogen-bond acceptors (Lipinski definition) is 2. The second kappa shape index (κ2) is 3.67. The first-order chi connectivity index (χ1) is 5.79. The van der Waals surface area contributed by atoms with Gasteiger partial charge in [0.25, 0.3) is 0 Å². The molecule has 1 unspecified atom stereocenters. The minimum absolute atomic E-state index is 0.0347. The maximum atomic E-state index is 5.54. The minimum atomic E-state index is 0.0347. The van der Waals surface area contributed by atoms with Gasteiger partial charge in [0.1, 0.15) is 11.9 Å². The van der Waals surface area contributed by atoms with E-state index < -0.39 is 0 Å². The highest BCUT2D eigenvalue weighted by Gasteiger charge is 2.26. The van der Waals surface area contributed by atoms with Gasteiger partial charge in [-0.1, -0.05) is 0 Å². The Labute approximate surface area is 97.6 Å². The van der Waals surface area contributed by atoms with Crippen molar-refractivity contribution in [3.05, 3.63) is 31.3 Å². The fourth-order valence-electron chi connectivity index (χ4n) is 1.09. The number of hydrogen-bond donors (Lipinski definition) is 0. The van der Waals surface area contributed by atoms with Gasteiger partial charge in [-0.25, -0.2) is 0 Å². The monoisotopic (exact) mass is 388 g/mol. The van der Waals surface area contributed by atoms with E-state index in [0.29, 0.717) is 6.61 Å². The molecule has 1 aliphatic rings. The van der Waals surface area contributed by atoms with Gasteiger partial charge in [0, 0.05) is 7.16 Å². The smallest absolute Gasteiger partial charge is 0.147 e. The van der Waals surface area contributed by atoms with Crippen LogP contribution >= 0.6 is 45.2 Å². The first-order valence-electron chi connectivity index (χ1n) is 3.48. The van der Waals surface area contributed by atoms with E-state index in [-0.39, 0.29) is 6.10 Å². The van der Waals surface area contributed by atoms with E-state index in [4.69, 9.17) is 9.15 Å². The van der Waals surface area contributed by atoms with Crippen molar-refractivity contribution in [2.45, 2.75) is 6.10 Å². The number of rotatable bonds is 1. The van der Waals surface area contributed by atoms with Gasteiger partial charge in [0.05, 0.1) is 12.9 Å². The Bertz CT molecular complexity index is 303. The molecule has 0 aromatic carbocycles. The molecule has 0 fully saturated rings. The number of ether oxygens (including phenoxy) is 1. The zero-order valence-corrected chi connectivity index (χ0v) is 10.4. The van der Waals surface area contributed by atoms with Crippen LogP contribution in [0.25, 0.3) is 0 Å². The second-order valence-corrected chi connectivity index (χ2v) is 4.92. The van der Waals surface area contributed by atoms with E-state index >= 15 is 0 Å². The third-order valence-electron chi connectivity index (χ3n) is 1.67. The number of halogens is 2. The van der Waals surface area contributed by atoms with Gasteiger partial charge in [0.2, 0.25) is 0 Å². The Balaban J connectivity index is 2.28. The predicted octanol–water partition coefficient (Wildman–Crippen LogP) is 3.43. The van der Waals surface area contributed by atoms with Crippen molar-refractivity contribution in [2.24, 2.45) is 0 Å². The molecule has 0 N–H and O–H groups in total. The van der Waals surface area contributed by atoms with Crippen molar-refractivity contribution in [3.63, 3.8) is 0 Å². The van der Waals surface area contributed by atoms with Crippen LogP contribution in [0.3, 0.4) is 0 Å². The zero-order valence-electron chi connectivity index (χ0n) is 6.09. The molecular formula is C8H6I2O2. The highest BCUT2D eigenvalue weighted by molar-refractivity contribution is 14.1. The fourth-order valence-corrected chi connectivity index (χ4v) is 2.19. The van der Waals surface area contributed by atoms with Crippen LogP contribution in [0.2, 0.25) is 0 Å². The van der Waals surface area contributed by atoms with Gasteiger partial charge >= 0.3 is 0 Å². The first kappa shape index (κ1) is 9.01. The maximum Gasteiger partial charge on any atom is 0.147 e. The van der Waals surface area contributed by atoms with Gasteiger partial charge in [-0.05, 0) is 57.3 Å². The molecular weight excluding hydrogens is 382 g/mol. The molecule has 0 saturated carbocycles. The topological polar surface area (TPSA) is 22.4 Å². The fraction of sp³-hybridized carbons (Fsp3) is 0.250. The first-order valence-corrected chi connectivity index (χ1v) is 5.64. The molecule has 1 atom stereocenters. The molecule has 2 nitrogen and oxygen atoms in total. The third-order valence-corrected chi connectivity index (χ3v) is 4.81. The van der Waals surface area contributed by atoms with Gasteiger partial charge in [0.15, 0.2) is 0 Å². The quantitative estimate of drug-likeness (QED) is 0.689. The second-order valence-electron chi connectivity index (χ2n) is 2.46. The Morgan fingerprint density at radius 1 is 1.42 bits per heavy atom. The average molecular weight is 388 g/mol. The van der Waals surface area contributed by atoms with Crippen molar-refractivity contribution in [3.8, 4) is 0 Å². The van der Waals surface area contributed by atoms with E-state index in [1.807, 2.05) is 12.1 Å². The molecule has 1 aromatic rings. The Kier molecular flexibility index (Phi) is 2.75. The summed E-state index contributed by atoms with van der Waals surface area (Å²) in [5.74, 6) is 0.895. The largest absolute Gasteiger partial charge is 0.466 e. The summed E-state index contributed by atoms with van der Waals surface area (Å²) in [6.07, 6.45) is 1.71. The van der Waals surface area contributed by atoms with E-state index in [2.05, 4.69) is 45.2 Å². The molecule has 0 bridgehead atoms. The molecule has 12 heavy (non-hydrogen) atoms. The summed E-state index contributed by atoms with van der Waals surface area (Å²) in [6, 6.07) is 3.83. The standard InChI is InChI=1S/C8H6I2O2/c9-5-4-12-8(7(5)10)6-2-1-3-11-6/h1-3,8H,4H2. The van der Waals surface area contributed by atoms with E-state index in [0.717, 1.165) is 5.76 Å². The molecule has 0 amide bonds. The van der Waals surface area contributed by atoms with Crippen molar-refractivity contribution < 1.29 is 9.15 Å². The molecule has 2 rings (SSSR count). The van der Waals surface area contributed by atoms with Crippen LogP contribution in [-0.4, -0.2) is 6.61 Å². The van der Waals surface area contributed by atoms with Crippen molar-refractivity contribution in [1.29, 1.82) is 0 Å². The molecule has 1 aromatic heterocycles. The summed E-state index contributed by atoms with van der Waals surface area (Å²) in [5.41, 5.74) is 0. The summed E-state index contributed by atoms with van der Waals surface area (Å²) < 4.78 is 13.3. The van der Waals surface area contributed by atoms with Crippen LogP contribution in [0.1, 0.15) is 11.9 Å². The third kappa shape index (κ3) is 1.56. The predicted molar refractivity (Wildman–Crippen MR) is 62.5 cm³/mol. The van der Waals surface area contributed by atoms with E-state index in [1.165, 1.54) is 7.16 Å². The minimum Gasteiger partial charge on any atom is -0.466 e. The molecule has 0 radical (unpaired) electrons. The van der Waals surface area contributed by atoms with Crippen LogP contribution < -0.4 is 0 Å². The molecule has 0 saturated heterocycles. The van der Waals surface area contributed by atoms with E-state index in [1.54, 1.807) is 6.26 Å². The normalized spacial score (nSPS) is 23.7. The van der Waals surface area contributed by atoms with Crippen molar-refractivity contribution in [1.82, 2.24) is 0 Å². The van der Waals surface area contributed by atoms with Gasteiger partial charge in [-0.2, -0.15) is 0 Å². The summed E-state index contributed by atoms with van der Waals surface area (Å²) in [5, 5.41) is 0. The van der Waals surface area contributed by atoms with Gasteiger partial charge < -0.3 is 9.15 Å². The van der Waals surface area contributed by atoms with Crippen LogP contribution in [0.15, 0.2) is 30.0 Å². The van der Waals surface area contributed by atoms with Crippen LogP contribution in [-0.2, 0) is 4.74 Å². The van der Waals surface area contributed by atoms with E-state index in [9.17, 15) is 0 Å². The highest BCUT2D eigenvalue weighted by Crippen LogP contribution is 2.40. The summed E-state index contributed by atoms with van der Waals surface area (Å²) >= 11 is 4.61. The lowest BCUT2D eigenvalue weighted by Crippen LogP contribution is -1.95. The summed E-state index contributed by atoms with van der Waals surface area (Å²) in [4.78, 5) is 0. The summed E-state index contributed by atoms with van der Waals surface area (Å²) in [6.45, 7) is 0.712. The molecule has 4 heteroatoms. The SMILES string of the molecule is IC1=C(I)C(c2ccco2)OC1. The average Bonchev–Trinajstić information content (AvgIpc) is 2.64. The van der Waals surface area contributed by atoms with Crippen molar-refractivity contribution in [2.75, 3.05) is 6.61 Å². The Hall–Kier alpha value is 0.440. The molecule has 1 aliphatic heterocycles. The zero-order chi connectivity index (χ0) is 8.55. The van der Waals surface area contributed by atoms with Crippen molar-refractivity contribution >= 4 is 45.2 Å². The van der Waals surface area contributed by atoms with Crippen LogP contribution in [0.4, 0.5) is 0 Å². The number of furan rings is 1. The van der Waals surface area contributed by atoms with Gasteiger partial charge in [-0.15, -0.1) is 0 Å². The van der Waals surface area contributed by atoms with Crippen LogP contribution in [0.5, 0.6) is 0 Å². The maximum absolute atomic E-state index is 5.54. The van der Waals surface area contributed by atoms with Crippen LogP contribution in [0, 0.1) is 0 Å². The Morgan fingerprint density at radius 2 is 2.25 bits per heavy atom.